The van der Waals surface area contributed by atoms with E-state index in [2.05, 4.69) is 6.92 Å². The van der Waals surface area contributed by atoms with E-state index in [0.717, 1.165) is 24.8 Å². The van der Waals surface area contributed by atoms with Crippen molar-refractivity contribution in [2.45, 2.75) is 39.5 Å². The molecule has 2 aromatic rings. The van der Waals surface area contributed by atoms with Crippen molar-refractivity contribution in [2.24, 2.45) is 23.7 Å². The number of carbonyl (C=O) groups is 4. The van der Waals surface area contributed by atoms with Crippen LogP contribution in [0.2, 0.25) is 5.02 Å². The molecule has 3 aliphatic rings. The Labute approximate surface area is 209 Å². The van der Waals surface area contributed by atoms with Crippen LogP contribution in [0.3, 0.4) is 0 Å². The Balaban J connectivity index is 1.29. The Morgan fingerprint density at radius 3 is 2.54 bits per heavy atom. The third-order valence-corrected chi connectivity index (χ3v) is 7.81. The van der Waals surface area contributed by atoms with Crippen molar-refractivity contribution in [1.82, 2.24) is 0 Å². The summed E-state index contributed by atoms with van der Waals surface area (Å²) in [5, 5.41) is 0.554. The number of hydrogen-bond acceptors (Lipinski definition) is 5. The van der Waals surface area contributed by atoms with E-state index in [-0.39, 0.29) is 48.3 Å². The lowest BCUT2D eigenvalue weighted by atomic mass is 9.76. The molecule has 2 saturated heterocycles. The molecule has 0 aromatic heterocycles. The van der Waals surface area contributed by atoms with Gasteiger partial charge in [-0.25, -0.2) is 4.90 Å². The van der Waals surface area contributed by atoms with Crippen molar-refractivity contribution in [2.75, 3.05) is 16.3 Å². The number of aryl methyl sites for hydroxylation is 1. The lowest BCUT2D eigenvalue weighted by molar-refractivity contribution is -0.139. The Kier molecular flexibility index (Phi) is 6.13. The zero-order valence-electron chi connectivity index (χ0n) is 19.7. The highest BCUT2D eigenvalue weighted by molar-refractivity contribution is 6.31. The SMILES string of the molecule is Cc1ccc(N2C[C@H](C(=O)Oc3cccc(N4C(=O)[C@@H]5CC[C@H](C)C[C@H]5C4=O)c3)CC2=O)cc1Cl. The number of amides is 3. The molecule has 2 heterocycles. The number of ether oxygens (including phenoxy) is 1. The molecule has 3 amide bonds. The van der Waals surface area contributed by atoms with Crippen LogP contribution in [0.4, 0.5) is 11.4 Å². The number of anilines is 2. The van der Waals surface area contributed by atoms with Crippen LogP contribution in [0.5, 0.6) is 5.75 Å². The van der Waals surface area contributed by atoms with Gasteiger partial charge in [0.1, 0.15) is 5.75 Å². The fourth-order valence-electron chi connectivity index (χ4n) is 5.39. The minimum Gasteiger partial charge on any atom is -0.426 e. The first-order valence-electron chi connectivity index (χ1n) is 12.0. The average molecular weight is 495 g/mol. The number of halogens is 1. The lowest BCUT2D eigenvalue weighted by Crippen LogP contribution is -2.31. The van der Waals surface area contributed by atoms with Gasteiger partial charge in [-0.15, -0.1) is 0 Å². The topological polar surface area (TPSA) is 84.0 Å². The molecular weight excluding hydrogens is 468 g/mol. The number of esters is 1. The van der Waals surface area contributed by atoms with Crippen LogP contribution in [-0.4, -0.2) is 30.2 Å². The predicted molar refractivity (Wildman–Crippen MR) is 131 cm³/mol. The molecule has 182 valence electrons. The van der Waals surface area contributed by atoms with Crippen molar-refractivity contribution in [3.8, 4) is 5.75 Å². The fourth-order valence-corrected chi connectivity index (χ4v) is 5.57. The number of nitrogens with zero attached hydrogens (tertiary/aromatic N) is 2. The van der Waals surface area contributed by atoms with E-state index in [1.54, 1.807) is 36.4 Å². The monoisotopic (exact) mass is 494 g/mol. The van der Waals surface area contributed by atoms with E-state index >= 15 is 0 Å². The van der Waals surface area contributed by atoms with Crippen LogP contribution in [-0.2, 0) is 19.2 Å². The summed E-state index contributed by atoms with van der Waals surface area (Å²) in [7, 11) is 0. The Bertz CT molecular complexity index is 1230. The predicted octanol–water partition coefficient (Wildman–Crippen LogP) is 4.53. The van der Waals surface area contributed by atoms with E-state index in [1.807, 2.05) is 13.0 Å². The van der Waals surface area contributed by atoms with Gasteiger partial charge in [-0.05, 0) is 61.9 Å². The van der Waals surface area contributed by atoms with Gasteiger partial charge in [0.25, 0.3) is 0 Å². The van der Waals surface area contributed by atoms with Crippen molar-refractivity contribution in [1.29, 1.82) is 0 Å². The maximum Gasteiger partial charge on any atom is 0.316 e. The molecule has 2 aliphatic heterocycles. The van der Waals surface area contributed by atoms with E-state index in [9.17, 15) is 19.2 Å². The van der Waals surface area contributed by atoms with Gasteiger partial charge in [0.2, 0.25) is 17.7 Å². The number of rotatable bonds is 4. The third-order valence-electron chi connectivity index (χ3n) is 7.41. The summed E-state index contributed by atoms with van der Waals surface area (Å²) in [6, 6.07) is 11.8. The maximum atomic E-state index is 13.0. The van der Waals surface area contributed by atoms with Gasteiger partial charge in [-0.1, -0.05) is 30.7 Å². The number of benzene rings is 2. The third kappa shape index (κ3) is 4.33. The van der Waals surface area contributed by atoms with E-state index in [1.165, 1.54) is 9.80 Å². The Hall–Kier alpha value is -3.19. The van der Waals surface area contributed by atoms with E-state index in [0.29, 0.717) is 22.3 Å². The Morgan fingerprint density at radius 1 is 1.00 bits per heavy atom. The maximum absolute atomic E-state index is 13.0. The lowest BCUT2D eigenvalue weighted by Gasteiger charge is -2.25. The molecule has 35 heavy (non-hydrogen) atoms. The van der Waals surface area contributed by atoms with Crippen LogP contribution in [0, 0.1) is 30.6 Å². The van der Waals surface area contributed by atoms with Crippen LogP contribution >= 0.6 is 11.6 Å². The molecule has 1 aliphatic carbocycles. The molecule has 1 saturated carbocycles. The second kappa shape index (κ2) is 9.11. The second-order valence-electron chi connectivity index (χ2n) is 9.90. The van der Waals surface area contributed by atoms with Gasteiger partial charge < -0.3 is 9.64 Å². The highest BCUT2D eigenvalue weighted by Gasteiger charge is 2.50. The summed E-state index contributed by atoms with van der Waals surface area (Å²) in [5.41, 5.74) is 1.96. The zero-order valence-corrected chi connectivity index (χ0v) is 20.5. The smallest absolute Gasteiger partial charge is 0.316 e. The molecule has 0 spiro atoms. The van der Waals surface area contributed by atoms with Crippen LogP contribution in [0.1, 0.15) is 38.2 Å². The number of carbonyl (C=O) groups excluding carboxylic acids is 4. The molecule has 4 atom stereocenters. The number of hydrogen-bond donors (Lipinski definition) is 0. The first kappa shape index (κ1) is 23.5. The van der Waals surface area contributed by atoms with Gasteiger partial charge in [0.05, 0.1) is 23.4 Å². The molecule has 0 bridgehead atoms. The molecule has 0 unspecified atom stereocenters. The fraction of sp³-hybridized carbons (Fsp3) is 0.407. The summed E-state index contributed by atoms with van der Waals surface area (Å²) in [5.74, 6) is -1.58. The summed E-state index contributed by atoms with van der Waals surface area (Å²) in [6.07, 6.45) is 2.42. The molecule has 8 heteroatoms. The quantitative estimate of drug-likeness (QED) is 0.354. The van der Waals surface area contributed by atoms with Crippen molar-refractivity contribution in [3.05, 3.63) is 53.1 Å². The molecule has 0 radical (unpaired) electrons. The molecule has 7 nitrogen and oxygen atoms in total. The van der Waals surface area contributed by atoms with E-state index < -0.39 is 11.9 Å². The normalized spacial score (nSPS) is 26.3. The number of imide groups is 1. The largest absolute Gasteiger partial charge is 0.426 e. The van der Waals surface area contributed by atoms with Crippen LogP contribution in [0.15, 0.2) is 42.5 Å². The van der Waals surface area contributed by atoms with Gasteiger partial charge in [-0.3, -0.25) is 19.2 Å². The van der Waals surface area contributed by atoms with Crippen molar-refractivity contribution in [3.63, 3.8) is 0 Å². The van der Waals surface area contributed by atoms with Crippen LogP contribution in [0.25, 0.3) is 0 Å². The minimum absolute atomic E-state index is 0.0364. The molecule has 5 rings (SSSR count). The summed E-state index contributed by atoms with van der Waals surface area (Å²) < 4.78 is 5.59. The molecule has 3 fully saturated rings. The van der Waals surface area contributed by atoms with Gasteiger partial charge in [0.15, 0.2) is 0 Å². The summed E-state index contributed by atoms with van der Waals surface area (Å²) in [6.45, 7) is 4.18. The van der Waals surface area contributed by atoms with Gasteiger partial charge >= 0.3 is 5.97 Å². The second-order valence-corrected chi connectivity index (χ2v) is 10.3. The van der Waals surface area contributed by atoms with Crippen LogP contribution < -0.4 is 14.5 Å². The average Bonchev–Trinajstić information content (AvgIpc) is 3.33. The molecule has 2 aromatic carbocycles. The standard InChI is InChI=1S/C27H27ClN2O5/c1-15-6-9-21-22(10-15)26(33)30(25(21)32)19-4-3-5-20(12-19)35-27(34)17-11-24(31)29(14-17)18-8-7-16(2)23(28)13-18/h3-5,7-8,12-13,15,17,21-22H,6,9-11,14H2,1-2H3/t15-,17+,21+,22+/m0/s1. The first-order chi connectivity index (χ1) is 16.7. The minimum atomic E-state index is -0.634. The highest BCUT2D eigenvalue weighted by Crippen LogP contribution is 2.42. The van der Waals surface area contributed by atoms with E-state index in [4.69, 9.17) is 16.3 Å². The van der Waals surface area contributed by atoms with Gasteiger partial charge in [0, 0.05) is 29.7 Å². The number of fused-ring (bicyclic) bond motifs is 1. The summed E-state index contributed by atoms with van der Waals surface area (Å²) in [4.78, 5) is 54.3. The summed E-state index contributed by atoms with van der Waals surface area (Å²) >= 11 is 6.20. The first-order valence-corrected chi connectivity index (χ1v) is 12.4. The highest BCUT2D eigenvalue weighted by atomic mass is 35.5. The zero-order chi connectivity index (χ0) is 24.9. The van der Waals surface area contributed by atoms with Gasteiger partial charge in [-0.2, -0.15) is 0 Å². The molecular formula is C27H27ClN2O5. The molecule has 0 N–H and O–H groups in total. The van der Waals surface area contributed by atoms with Crippen molar-refractivity contribution >= 4 is 46.7 Å². The Morgan fingerprint density at radius 2 is 1.77 bits per heavy atom. The van der Waals surface area contributed by atoms with Crippen molar-refractivity contribution < 1.29 is 23.9 Å².